The molecular formula is C19H28N4O2. The number of ether oxygens (including phenoxy) is 2. The van der Waals surface area contributed by atoms with Crippen molar-refractivity contribution in [1.29, 1.82) is 5.26 Å². The van der Waals surface area contributed by atoms with Crippen LogP contribution in [0.25, 0.3) is 0 Å². The molecule has 0 aromatic carbocycles. The zero-order valence-electron chi connectivity index (χ0n) is 15.0. The van der Waals surface area contributed by atoms with Gasteiger partial charge in [0.25, 0.3) is 0 Å². The molecule has 6 nitrogen and oxygen atoms in total. The van der Waals surface area contributed by atoms with Crippen LogP contribution >= 0.6 is 0 Å². The first-order valence-corrected chi connectivity index (χ1v) is 9.78. The molecule has 1 aromatic rings. The molecule has 1 atom stereocenters. The second kappa shape index (κ2) is 7.05. The van der Waals surface area contributed by atoms with E-state index in [1.54, 1.807) is 0 Å². The summed E-state index contributed by atoms with van der Waals surface area (Å²) in [6.07, 6.45) is 14.2. The Morgan fingerprint density at radius 3 is 2.76 bits per heavy atom. The first-order chi connectivity index (χ1) is 12.2. The fourth-order valence-corrected chi connectivity index (χ4v) is 5.06. The third kappa shape index (κ3) is 3.58. The van der Waals surface area contributed by atoms with Gasteiger partial charge in [-0.3, -0.25) is 0 Å². The van der Waals surface area contributed by atoms with Crippen LogP contribution in [0.1, 0.15) is 75.9 Å². The van der Waals surface area contributed by atoms with Gasteiger partial charge in [0.15, 0.2) is 5.79 Å². The molecule has 4 rings (SSSR count). The van der Waals surface area contributed by atoms with Gasteiger partial charge in [-0.15, -0.1) is 5.10 Å². The maximum Gasteiger partial charge on any atom is 0.169 e. The quantitative estimate of drug-likeness (QED) is 0.789. The minimum absolute atomic E-state index is 0.455. The van der Waals surface area contributed by atoms with Crippen LogP contribution in [-0.2, 0) is 15.9 Å². The van der Waals surface area contributed by atoms with E-state index in [0.717, 1.165) is 18.5 Å². The Morgan fingerprint density at radius 1 is 1.20 bits per heavy atom. The van der Waals surface area contributed by atoms with Crippen LogP contribution in [0.3, 0.4) is 0 Å². The highest BCUT2D eigenvalue weighted by atomic mass is 16.7. The third-order valence-electron chi connectivity index (χ3n) is 6.47. The molecule has 6 heteroatoms. The van der Waals surface area contributed by atoms with E-state index < -0.39 is 5.79 Å². The topological polar surface area (TPSA) is 73.0 Å². The number of rotatable bonds is 6. The van der Waals surface area contributed by atoms with Crippen LogP contribution in [0.5, 0.6) is 0 Å². The largest absolute Gasteiger partial charge is 0.347 e. The Morgan fingerprint density at radius 2 is 2.00 bits per heavy atom. The summed E-state index contributed by atoms with van der Waals surface area (Å²) in [6.45, 7) is 1.23. The van der Waals surface area contributed by atoms with Gasteiger partial charge in [-0.1, -0.05) is 18.1 Å². The lowest BCUT2D eigenvalue weighted by Crippen LogP contribution is -2.30. The van der Waals surface area contributed by atoms with Crippen molar-refractivity contribution in [2.75, 3.05) is 13.2 Å². The second-order valence-corrected chi connectivity index (χ2v) is 8.06. The van der Waals surface area contributed by atoms with E-state index >= 15 is 0 Å². The van der Waals surface area contributed by atoms with Gasteiger partial charge in [0.1, 0.15) is 0 Å². The number of aromatic nitrogens is 3. The maximum atomic E-state index is 8.85. The summed E-state index contributed by atoms with van der Waals surface area (Å²) in [5.41, 5.74) is 1.60. The predicted octanol–water partition coefficient (Wildman–Crippen LogP) is 3.54. The van der Waals surface area contributed by atoms with Crippen molar-refractivity contribution >= 4 is 0 Å². The summed E-state index contributed by atoms with van der Waals surface area (Å²) in [5.74, 6) is -0.596. The predicted molar refractivity (Wildman–Crippen MR) is 91.6 cm³/mol. The molecule has 3 fully saturated rings. The lowest BCUT2D eigenvalue weighted by atomic mass is 9.84. The van der Waals surface area contributed by atoms with Crippen LogP contribution in [0.2, 0.25) is 0 Å². The molecule has 3 aliphatic rings. The molecule has 1 aromatic heterocycles. The van der Waals surface area contributed by atoms with Gasteiger partial charge in [-0.05, 0) is 43.9 Å². The molecule has 0 N–H and O–H groups in total. The highest BCUT2D eigenvalue weighted by Crippen LogP contribution is 2.53. The smallest absolute Gasteiger partial charge is 0.169 e. The molecule has 1 saturated heterocycles. The van der Waals surface area contributed by atoms with Crippen LogP contribution in [0, 0.1) is 16.7 Å². The Kier molecular flexibility index (Phi) is 4.79. The van der Waals surface area contributed by atoms with Crippen molar-refractivity contribution in [3.05, 3.63) is 11.9 Å². The zero-order valence-corrected chi connectivity index (χ0v) is 15.0. The molecule has 2 aliphatic carbocycles. The van der Waals surface area contributed by atoms with Crippen molar-refractivity contribution in [3.63, 3.8) is 0 Å². The van der Waals surface area contributed by atoms with Crippen molar-refractivity contribution in [1.82, 2.24) is 15.0 Å². The lowest BCUT2D eigenvalue weighted by Gasteiger charge is -2.26. The monoisotopic (exact) mass is 344 g/mol. The first kappa shape index (κ1) is 17.0. The van der Waals surface area contributed by atoms with Gasteiger partial charge in [0.2, 0.25) is 0 Å². The lowest BCUT2D eigenvalue weighted by molar-refractivity contribution is -0.165. The molecule has 0 amide bonds. The van der Waals surface area contributed by atoms with Gasteiger partial charge < -0.3 is 9.47 Å². The van der Waals surface area contributed by atoms with E-state index in [2.05, 4.69) is 27.3 Å². The molecule has 2 heterocycles. The van der Waals surface area contributed by atoms with Crippen LogP contribution in [0.4, 0.5) is 0 Å². The van der Waals surface area contributed by atoms with E-state index in [1.807, 2.05) is 0 Å². The molecule has 1 unspecified atom stereocenters. The summed E-state index contributed by atoms with van der Waals surface area (Å²) in [4.78, 5) is 0. The second-order valence-electron chi connectivity index (χ2n) is 8.06. The SMILES string of the molecule is N#CCCC1(CCc2cn(C3CCC4(CCCC4)C3)nn2)OCCO1. The van der Waals surface area contributed by atoms with Gasteiger partial charge >= 0.3 is 0 Å². The maximum absolute atomic E-state index is 8.85. The number of aryl methyl sites for hydroxylation is 1. The molecular weight excluding hydrogens is 316 g/mol. The van der Waals surface area contributed by atoms with E-state index in [4.69, 9.17) is 14.7 Å². The minimum atomic E-state index is -0.596. The molecule has 136 valence electrons. The first-order valence-electron chi connectivity index (χ1n) is 9.78. The van der Waals surface area contributed by atoms with Crippen molar-refractivity contribution < 1.29 is 9.47 Å². The average molecular weight is 344 g/mol. The third-order valence-corrected chi connectivity index (χ3v) is 6.47. The Balaban J connectivity index is 1.34. The average Bonchev–Trinajstić information content (AvgIpc) is 3.41. The van der Waals surface area contributed by atoms with E-state index in [9.17, 15) is 0 Å². The summed E-state index contributed by atoms with van der Waals surface area (Å²) in [5, 5.41) is 17.7. The molecule has 1 spiro atoms. The summed E-state index contributed by atoms with van der Waals surface area (Å²) < 4.78 is 13.7. The highest BCUT2D eigenvalue weighted by Gasteiger charge is 2.42. The van der Waals surface area contributed by atoms with Crippen LogP contribution in [-0.4, -0.2) is 34.0 Å². The minimum Gasteiger partial charge on any atom is -0.347 e. The van der Waals surface area contributed by atoms with E-state index in [-0.39, 0.29) is 0 Å². The van der Waals surface area contributed by atoms with Gasteiger partial charge in [0, 0.05) is 25.5 Å². The van der Waals surface area contributed by atoms with Crippen LogP contribution < -0.4 is 0 Å². The normalized spacial score (nSPS) is 27.1. The number of hydrogen-bond acceptors (Lipinski definition) is 5. The van der Waals surface area contributed by atoms with Gasteiger partial charge in [0.05, 0.1) is 31.0 Å². The van der Waals surface area contributed by atoms with Crippen molar-refractivity contribution in [3.8, 4) is 6.07 Å². The molecule has 2 saturated carbocycles. The fourth-order valence-electron chi connectivity index (χ4n) is 5.06. The Bertz CT molecular complexity index is 624. The van der Waals surface area contributed by atoms with Gasteiger partial charge in [-0.25, -0.2) is 4.68 Å². The zero-order chi connectivity index (χ0) is 17.2. The molecule has 1 aliphatic heterocycles. The number of nitriles is 1. The van der Waals surface area contributed by atoms with Crippen molar-refractivity contribution in [2.24, 2.45) is 5.41 Å². The Hall–Kier alpha value is -1.45. The summed E-state index contributed by atoms with van der Waals surface area (Å²) in [7, 11) is 0. The standard InChI is InChI=1S/C19H28N4O2/c20-11-3-8-19(24-12-13-25-19)10-4-16-15-23(22-21-16)17-5-9-18(14-17)6-1-2-7-18/h15,17H,1-10,12-14H2. The molecule has 25 heavy (non-hydrogen) atoms. The summed E-state index contributed by atoms with van der Waals surface area (Å²) in [6, 6.07) is 2.71. The molecule has 0 bridgehead atoms. The van der Waals surface area contributed by atoms with E-state index in [1.165, 1.54) is 44.9 Å². The van der Waals surface area contributed by atoms with Crippen LogP contribution in [0.15, 0.2) is 6.20 Å². The number of hydrogen-bond donors (Lipinski definition) is 0. The summed E-state index contributed by atoms with van der Waals surface area (Å²) >= 11 is 0. The number of nitrogens with zero attached hydrogens (tertiary/aromatic N) is 4. The molecule has 0 radical (unpaired) electrons. The van der Waals surface area contributed by atoms with E-state index in [0.29, 0.717) is 37.5 Å². The highest BCUT2D eigenvalue weighted by molar-refractivity contribution is 4.99. The van der Waals surface area contributed by atoms with Gasteiger partial charge in [-0.2, -0.15) is 5.26 Å². The Labute approximate surface area is 149 Å². The fraction of sp³-hybridized carbons (Fsp3) is 0.842. The van der Waals surface area contributed by atoms with Crippen molar-refractivity contribution in [2.45, 2.75) is 82.5 Å².